The molecule has 0 heterocycles. The monoisotopic (exact) mass is 465 g/mol. The number of carbonyl (C=O) groups is 3. The van der Waals surface area contributed by atoms with Crippen LogP contribution in [0.4, 0.5) is 16.2 Å². The first-order chi connectivity index (χ1) is 15.7. The van der Waals surface area contributed by atoms with Gasteiger partial charge in [-0.1, -0.05) is 49.7 Å². The Morgan fingerprint density at radius 2 is 1.21 bits per heavy atom. The average Bonchev–Trinajstić information content (AvgIpc) is 2.79. The van der Waals surface area contributed by atoms with Crippen molar-refractivity contribution in [3.05, 3.63) is 83.4 Å². The van der Waals surface area contributed by atoms with Gasteiger partial charge >= 0.3 is 12.0 Å². The van der Waals surface area contributed by atoms with Crippen molar-refractivity contribution in [2.45, 2.75) is 19.9 Å². The van der Waals surface area contributed by atoms with Crippen LogP contribution in [0.15, 0.2) is 72.8 Å². The number of urea groups is 1. The van der Waals surface area contributed by atoms with E-state index in [1.807, 2.05) is 12.1 Å². The molecule has 0 spiro atoms. The zero-order valence-electron chi connectivity index (χ0n) is 18.1. The molecule has 0 unspecified atom stereocenters. The van der Waals surface area contributed by atoms with Gasteiger partial charge in [-0.25, -0.2) is 9.59 Å². The summed E-state index contributed by atoms with van der Waals surface area (Å²) in [7, 11) is 0. The number of aliphatic carboxylic acids is 1. The molecule has 33 heavy (non-hydrogen) atoms. The van der Waals surface area contributed by atoms with Crippen molar-refractivity contribution in [3.8, 4) is 11.1 Å². The number of carboxylic acid groups (broad SMARTS) is 1. The topological polar surface area (TPSA) is 108 Å². The van der Waals surface area contributed by atoms with Gasteiger partial charge in [0.2, 0.25) is 0 Å². The molecule has 3 aromatic carbocycles. The highest BCUT2D eigenvalue weighted by Gasteiger charge is 2.23. The van der Waals surface area contributed by atoms with Crippen molar-refractivity contribution in [2.24, 2.45) is 5.92 Å². The number of benzene rings is 3. The fraction of sp³-hybridized carbons (Fsp3) is 0.160. The van der Waals surface area contributed by atoms with Gasteiger partial charge in [0, 0.05) is 22.0 Å². The summed E-state index contributed by atoms with van der Waals surface area (Å²) in [5.41, 5.74) is 3.40. The third-order valence-electron chi connectivity index (χ3n) is 4.94. The summed E-state index contributed by atoms with van der Waals surface area (Å²) < 4.78 is 0. The van der Waals surface area contributed by atoms with Gasteiger partial charge in [0.15, 0.2) is 0 Å². The summed E-state index contributed by atoms with van der Waals surface area (Å²) >= 11 is 5.84. The highest BCUT2D eigenvalue weighted by molar-refractivity contribution is 6.30. The van der Waals surface area contributed by atoms with E-state index < -0.39 is 17.9 Å². The molecule has 0 aliphatic heterocycles. The second-order valence-electron chi connectivity index (χ2n) is 7.77. The SMILES string of the molecule is CC(C)[C@@H](NC(=O)c1ccc(-c2ccc(NC(=O)Nc3ccc(Cl)cc3)cc2)cc1)C(=O)O. The van der Waals surface area contributed by atoms with E-state index in [1.165, 1.54) is 0 Å². The number of halogens is 1. The number of carboxylic acids is 1. The second kappa shape index (κ2) is 10.7. The first kappa shape index (κ1) is 23.8. The molecule has 7 nitrogen and oxygen atoms in total. The molecular formula is C25H24ClN3O4. The summed E-state index contributed by atoms with van der Waals surface area (Å²) in [6.45, 7) is 3.48. The minimum absolute atomic E-state index is 0.230. The molecule has 0 aliphatic carbocycles. The number of carbonyl (C=O) groups excluding carboxylic acids is 2. The van der Waals surface area contributed by atoms with Crippen LogP contribution < -0.4 is 16.0 Å². The number of amides is 3. The van der Waals surface area contributed by atoms with Crippen LogP contribution in [0.5, 0.6) is 0 Å². The maximum Gasteiger partial charge on any atom is 0.326 e. The summed E-state index contributed by atoms with van der Waals surface area (Å²) in [5.74, 6) is -1.73. The zero-order chi connectivity index (χ0) is 24.0. The molecule has 3 aromatic rings. The van der Waals surface area contributed by atoms with Crippen molar-refractivity contribution < 1.29 is 19.5 Å². The Kier molecular flexibility index (Phi) is 7.69. The molecule has 0 radical (unpaired) electrons. The Morgan fingerprint density at radius 1 is 0.758 bits per heavy atom. The van der Waals surface area contributed by atoms with E-state index >= 15 is 0 Å². The Morgan fingerprint density at radius 3 is 1.67 bits per heavy atom. The minimum atomic E-state index is -1.06. The first-order valence-corrected chi connectivity index (χ1v) is 10.7. The summed E-state index contributed by atoms with van der Waals surface area (Å²) in [4.78, 5) is 35.8. The molecule has 0 saturated heterocycles. The number of rotatable bonds is 7. The Labute approximate surface area is 196 Å². The van der Waals surface area contributed by atoms with Crippen molar-refractivity contribution in [2.75, 3.05) is 10.6 Å². The van der Waals surface area contributed by atoms with Crippen LogP contribution in [-0.2, 0) is 4.79 Å². The highest BCUT2D eigenvalue weighted by Crippen LogP contribution is 2.22. The van der Waals surface area contributed by atoms with Crippen LogP contribution in [0.2, 0.25) is 5.02 Å². The van der Waals surface area contributed by atoms with Gasteiger partial charge in [0.1, 0.15) is 6.04 Å². The first-order valence-electron chi connectivity index (χ1n) is 10.3. The van der Waals surface area contributed by atoms with Crippen LogP contribution in [0, 0.1) is 5.92 Å². The second-order valence-corrected chi connectivity index (χ2v) is 8.21. The van der Waals surface area contributed by atoms with Crippen LogP contribution in [0.25, 0.3) is 11.1 Å². The number of hydrogen-bond acceptors (Lipinski definition) is 3. The molecule has 0 saturated carbocycles. The summed E-state index contributed by atoms with van der Waals surface area (Å²) in [5, 5.41) is 17.9. The summed E-state index contributed by atoms with van der Waals surface area (Å²) in [6.07, 6.45) is 0. The number of hydrogen-bond donors (Lipinski definition) is 4. The van der Waals surface area contributed by atoms with Gasteiger partial charge in [-0.2, -0.15) is 0 Å². The van der Waals surface area contributed by atoms with Crippen molar-refractivity contribution in [1.29, 1.82) is 0 Å². The molecule has 1 atom stereocenters. The molecule has 3 rings (SSSR count). The molecule has 3 amide bonds. The number of anilines is 2. The van der Waals surface area contributed by atoms with Crippen molar-refractivity contribution in [1.82, 2.24) is 5.32 Å². The molecule has 4 N–H and O–H groups in total. The Hall–Kier alpha value is -3.84. The molecule has 8 heteroatoms. The van der Waals surface area contributed by atoms with E-state index in [2.05, 4.69) is 16.0 Å². The lowest BCUT2D eigenvalue weighted by Crippen LogP contribution is -2.44. The largest absolute Gasteiger partial charge is 0.480 e. The van der Waals surface area contributed by atoms with E-state index in [-0.39, 0.29) is 11.9 Å². The van der Waals surface area contributed by atoms with E-state index in [1.54, 1.807) is 74.5 Å². The van der Waals surface area contributed by atoms with Crippen LogP contribution in [0.1, 0.15) is 24.2 Å². The lowest BCUT2D eigenvalue weighted by Gasteiger charge is -2.18. The minimum Gasteiger partial charge on any atom is -0.480 e. The normalized spacial score (nSPS) is 11.5. The van der Waals surface area contributed by atoms with Gasteiger partial charge in [0.25, 0.3) is 5.91 Å². The van der Waals surface area contributed by atoms with Crippen LogP contribution >= 0.6 is 11.6 Å². The van der Waals surface area contributed by atoms with E-state index in [9.17, 15) is 19.5 Å². The maximum absolute atomic E-state index is 12.4. The van der Waals surface area contributed by atoms with E-state index in [4.69, 9.17) is 11.6 Å². The predicted molar refractivity (Wildman–Crippen MR) is 130 cm³/mol. The molecule has 0 aromatic heterocycles. The lowest BCUT2D eigenvalue weighted by molar-refractivity contribution is -0.140. The fourth-order valence-corrected chi connectivity index (χ4v) is 3.25. The average molecular weight is 466 g/mol. The Balaban J connectivity index is 1.61. The van der Waals surface area contributed by atoms with E-state index in [0.717, 1.165) is 11.1 Å². The number of nitrogens with one attached hydrogen (secondary N) is 3. The van der Waals surface area contributed by atoms with Crippen LogP contribution in [0.3, 0.4) is 0 Å². The Bertz CT molecular complexity index is 1130. The van der Waals surface area contributed by atoms with Gasteiger partial charge < -0.3 is 21.1 Å². The predicted octanol–water partition coefficient (Wildman–Crippen LogP) is 5.49. The van der Waals surface area contributed by atoms with Gasteiger partial charge in [0.05, 0.1) is 0 Å². The van der Waals surface area contributed by atoms with Crippen LogP contribution in [-0.4, -0.2) is 29.1 Å². The quantitative estimate of drug-likeness (QED) is 0.370. The molecule has 0 bridgehead atoms. The smallest absolute Gasteiger partial charge is 0.326 e. The highest BCUT2D eigenvalue weighted by atomic mass is 35.5. The maximum atomic E-state index is 12.4. The van der Waals surface area contributed by atoms with E-state index in [0.29, 0.717) is 22.0 Å². The standard InChI is InChI=1S/C25H24ClN3O4/c1-15(2)22(24(31)32)29-23(30)18-5-3-16(4-6-18)17-7-11-20(12-8-17)27-25(33)28-21-13-9-19(26)10-14-21/h3-15,22H,1-2H3,(H,29,30)(H,31,32)(H2,27,28,33)/t22-/m1/s1. The van der Waals surface area contributed by atoms with Crippen molar-refractivity contribution in [3.63, 3.8) is 0 Å². The zero-order valence-corrected chi connectivity index (χ0v) is 18.9. The third-order valence-corrected chi connectivity index (χ3v) is 5.20. The summed E-state index contributed by atoms with van der Waals surface area (Å²) in [6, 6.07) is 19.6. The lowest BCUT2D eigenvalue weighted by atomic mass is 10.0. The van der Waals surface area contributed by atoms with Crippen molar-refractivity contribution >= 4 is 40.9 Å². The fourth-order valence-electron chi connectivity index (χ4n) is 3.12. The van der Waals surface area contributed by atoms with Gasteiger partial charge in [-0.15, -0.1) is 0 Å². The molecular weight excluding hydrogens is 442 g/mol. The van der Waals surface area contributed by atoms with Gasteiger partial charge in [-0.3, -0.25) is 4.79 Å². The molecule has 0 fully saturated rings. The molecule has 0 aliphatic rings. The van der Waals surface area contributed by atoms with Gasteiger partial charge in [-0.05, 0) is 65.6 Å². The third kappa shape index (κ3) is 6.57. The molecule has 170 valence electrons.